The number of benzene rings is 1. The van der Waals surface area contributed by atoms with Gasteiger partial charge in [-0.25, -0.2) is 9.95 Å². The minimum atomic E-state index is -0.878. The van der Waals surface area contributed by atoms with Crippen LogP contribution < -0.4 is 5.63 Å². The van der Waals surface area contributed by atoms with Gasteiger partial charge < -0.3 is 9.63 Å². The first-order valence-electron chi connectivity index (χ1n) is 4.91. The molecule has 1 aromatic carbocycles. The molecule has 5 heteroatoms. The van der Waals surface area contributed by atoms with Crippen molar-refractivity contribution in [3.8, 4) is 0 Å². The van der Waals surface area contributed by atoms with Crippen LogP contribution in [0.25, 0.3) is 10.9 Å². The van der Waals surface area contributed by atoms with E-state index in [0.29, 0.717) is 22.9 Å². The monoisotopic (exact) mass is 221 g/mol. The molecule has 0 aliphatic heterocycles. The Labute approximate surface area is 90.7 Å². The third-order valence-corrected chi connectivity index (χ3v) is 2.56. The molecule has 0 aliphatic rings. The molecule has 5 nitrogen and oxygen atoms in total. The molecule has 84 valence electrons. The molecule has 0 saturated heterocycles. The Kier molecular flexibility index (Phi) is 2.52. The Bertz CT molecular complexity index is 581. The highest BCUT2D eigenvalue weighted by atomic mass is 16.5. The van der Waals surface area contributed by atoms with E-state index >= 15 is 0 Å². The third-order valence-electron chi connectivity index (χ3n) is 2.56. The number of fused-ring (bicyclic) bond motifs is 1. The summed E-state index contributed by atoms with van der Waals surface area (Å²) in [5.74, 6) is -1.41. The van der Waals surface area contributed by atoms with E-state index in [4.69, 9.17) is 5.11 Å². The maximum Gasteiger partial charge on any atom is 0.365 e. The van der Waals surface area contributed by atoms with Crippen molar-refractivity contribution in [2.45, 2.75) is 13.3 Å². The Morgan fingerprint density at radius 2 is 2.31 bits per heavy atom. The first-order valence-corrected chi connectivity index (χ1v) is 4.91. The van der Waals surface area contributed by atoms with E-state index in [1.807, 2.05) is 0 Å². The van der Waals surface area contributed by atoms with Gasteiger partial charge >= 0.3 is 11.6 Å². The summed E-state index contributed by atoms with van der Waals surface area (Å²) in [5, 5.41) is 11.8. The summed E-state index contributed by atoms with van der Waals surface area (Å²) in [5.41, 5.74) is 0.839. The molecule has 0 bridgehead atoms. The van der Waals surface area contributed by atoms with Crippen molar-refractivity contribution in [2.75, 3.05) is 0 Å². The highest BCUT2D eigenvalue weighted by Crippen LogP contribution is 2.17. The normalized spacial score (nSPS) is 12.8. The highest BCUT2D eigenvalue weighted by Gasteiger charge is 2.15. The van der Waals surface area contributed by atoms with E-state index in [0.717, 1.165) is 0 Å². The molecule has 1 unspecified atom stereocenters. The van der Waals surface area contributed by atoms with Crippen molar-refractivity contribution in [3.63, 3.8) is 0 Å². The van der Waals surface area contributed by atoms with Crippen molar-refractivity contribution in [3.05, 3.63) is 34.2 Å². The first-order chi connectivity index (χ1) is 7.59. The van der Waals surface area contributed by atoms with Crippen molar-refractivity contribution in [2.24, 2.45) is 5.92 Å². The molecule has 0 saturated carbocycles. The molecule has 0 fully saturated rings. The van der Waals surface area contributed by atoms with Gasteiger partial charge in [0, 0.05) is 0 Å². The number of nitrogens with one attached hydrogen (secondary N) is 1. The van der Waals surface area contributed by atoms with Crippen LogP contribution in [-0.2, 0) is 11.2 Å². The number of rotatable bonds is 3. The van der Waals surface area contributed by atoms with Gasteiger partial charge in [-0.05, 0) is 18.1 Å². The van der Waals surface area contributed by atoms with Crippen molar-refractivity contribution in [1.82, 2.24) is 5.16 Å². The van der Waals surface area contributed by atoms with Gasteiger partial charge in [-0.3, -0.25) is 4.79 Å². The number of aromatic amines is 1. The van der Waals surface area contributed by atoms with Gasteiger partial charge in [-0.15, -0.1) is 0 Å². The van der Waals surface area contributed by atoms with E-state index in [1.54, 1.807) is 25.1 Å². The quantitative estimate of drug-likeness (QED) is 0.820. The predicted octanol–water partition coefficient (Wildman–Crippen LogP) is 1.38. The lowest BCUT2D eigenvalue weighted by Crippen LogP contribution is -2.13. The van der Waals surface area contributed by atoms with Crippen molar-refractivity contribution < 1.29 is 14.4 Å². The summed E-state index contributed by atoms with van der Waals surface area (Å²) in [7, 11) is 0. The molecule has 0 amide bonds. The van der Waals surface area contributed by atoms with Crippen molar-refractivity contribution in [1.29, 1.82) is 0 Å². The van der Waals surface area contributed by atoms with Crippen LogP contribution in [0.4, 0.5) is 0 Å². The number of H-pyrrole nitrogens is 1. The maximum absolute atomic E-state index is 11.4. The van der Waals surface area contributed by atoms with Crippen LogP contribution in [0.5, 0.6) is 0 Å². The van der Waals surface area contributed by atoms with E-state index < -0.39 is 17.5 Å². The van der Waals surface area contributed by atoms with Gasteiger partial charge in [0.2, 0.25) is 0 Å². The average Bonchev–Trinajstić information content (AvgIpc) is 2.61. The Balaban J connectivity index is 2.48. The van der Waals surface area contributed by atoms with Crippen LogP contribution in [0.1, 0.15) is 12.5 Å². The van der Waals surface area contributed by atoms with Gasteiger partial charge in [0.15, 0.2) is 0 Å². The molecule has 0 spiro atoms. The number of carboxylic acids is 1. The van der Waals surface area contributed by atoms with Crippen molar-refractivity contribution >= 4 is 16.9 Å². The van der Waals surface area contributed by atoms with Gasteiger partial charge in [-0.2, -0.15) is 0 Å². The lowest BCUT2D eigenvalue weighted by molar-refractivity contribution is -0.141. The minimum absolute atomic E-state index is 0.315. The number of hydrogen-bond acceptors (Lipinski definition) is 3. The lowest BCUT2D eigenvalue weighted by Gasteiger charge is -2.05. The Morgan fingerprint density at radius 3 is 3.00 bits per heavy atom. The van der Waals surface area contributed by atoms with Crippen LogP contribution in [0.2, 0.25) is 0 Å². The highest BCUT2D eigenvalue weighted by molar-refractivity contribution is 5.81. The van der Waals surface area contributed by atoms with E-state index in [1.165, 1.54) is 0 Å². The largest absolute Gasteiger partial charge is 0.481 e. The predicted molar refractivity (Wildman–Crippen MR) is 57.3 cm³/mol. The second-order valence-corrected chi connectivity index (χ2v) is 3.77. The Morgan fingerprint density at radius 1 is 1.56 bits per heavy atom. The van der Waals surface area contributed by atoms with Gasteiger partial charge in [0.05, 0.1) is 16.8 Å². The molecular formula is C11H11NO4. The first kappa shape index (κ1) is 10.5. The number of aliphatic carboxylic acids is 1. The smallest absolute Gasteiger partial charge is 0.365 e. The van der Waals surface area contributed by atoms with Gasteiger partial charge in [0.1, 0.15) is 0 Å². The summed E-state index contributed by atoms with van der Waals surface area (Å²) in [6.45, 7) is 1.61. The fourth-order valence-electron chi connectivity index (χ4n) is 1.67. The number of carbonyl (C=O) groups is 1. The number of aromatic nitrogens is 1. The van der Waals surface area contributed by atoms with E-state index in [-0.39, 0.29) is 0 Å². The SMILES string of the molecule is CC(Cc1cccc2[nH]oc(=O)c12)C(=O)O. The minimum Gasteiger partial charge on any atom is -0.481 e. The molecule has 2 aromatic rings. The summed E-state index contributed by atoms with van der Waals surface area (Å²) >= 11 is 0. The molecule has 0 aliphatic carbocycles. The van der Waals surface area contributed by atoms with Gasteiger partial charge in [-0.1, -0.05) is 19.1 Å². The third kappa shape index (κ3) is 1.71. The topological polar surface area (TPSA) is 83.3 Å². The standard InChI is InChI=1S/C11H11NO4/c1-6(10(13)14)5-7-3-2-4-8-9(7)11(15)16-12-8/h2-4,6,12H,5H2,1H3,(H,13,14). The molecule has 2 N–H and O–H groups in total. The summed E-state index contributed by atoms with van der Waals surface area (Å²) in [6, 6.07) is 5.22. The average molecular weight is 221 g/mol. The second kappa shape index (κ2) is 3.84. The summed E-state index contributed by atoms with van der Waals surface area (Å²) < 4.78 is 4.67. The van der Waals surface area contributed by atoms with Crippen LogP contribution >= 0.6 is 0 Å². The van der Waals surface area contributed by atoms with E-state index in [9.17, 15) is 9.59 Å². The fraction of sp³-hybridized carbons (Fsp3) is 0.273. The molecule has 1 heterocycles. The van der Waals surface area contributed by atoms with Crippen LogP contribution in [0.3, 0.4) is 0 Å². The molecular weight excluding hydrogens is 210 g/mol. The van der Waals surface area contributed by atoms with Crippen LogP contribution in [-0.4, -0.2) is 16.2 Å². The van der Waals surface area contributed by atoms with E-state index in [2.05, 4.69) is 9.68 Å². The van der Waals surface area contributed by atoms with Gasteiger partial charge in [0.25, 0.3) is 0 Å². The summed E-state index contributed by atoms with van der Waals surface area (Å²) in [6.07, 6.45) is 0.315. The second-order valence-electron chi connectivity index (χ2n) is 3.77. The lowest BCUT2D eigenvalue weighted by atomic mass is 9.99. The molecule has 16 heavy (non-hydrogen) atoms. The zero-order chi connectivity index (χ0) is 11.7. The zero-order valence-electron chi connectivity index (χ0n) is 8.69. The molecule has 1 aromatic heterocycles. The van der Waals surface area contributed by atoms with Crippen LogP contribution in [0, 0.1) is 5.92 Å². The number of hydrogen-bond donors (Lipinski definition) is 2. The molecule has 2 rings (SSSR count). The molecule has 0 radical (unpaired) electrons. The maximum atomic E-state index is 11.4. The summed E-state index contributed by atoms with van der Waals surface area (Å²) in [4.78, 5) is 22.2. The zero-order valence-corrected chi connectivity index (χ0v) is 8.69. The number of carboxylic acid groups (broad SMARTS) is 1. The Hall–Kier alpha value is -2.04. The fourth-order valence-corrected chi connectivity index (χ4v) is 1.67. The molecule has 1 atom stereocenters. The van der Waals surface area contributed by atoms with Crippen LogP contribution in [0.15, 0.2) is 27.5 Å².